The number of aromatic nitrogens is 3. The number of hydrogen-bond acceptors (Lipinski definition) is 3. The maximum Gasteiger partial charge on any atom is 0.138 e. The Morgan fingerprint density at radius 3 is 2.62 bits per heavy atom. The highest BCUT2D eigenvalue weighted by atomic mass is 15.3. The minimum atomic E-state index is 0.166. The molecule has 0 bridgehead atoms. The highest BCUT2D eigenvalue weighted by molar-refractivity contribution is 4.90. The minimum absolute atomic E-state index is 0.166. The van der Waals surface area contributed by atoms with Gasteiger partial charge in [0.05, 0.1) is 0 Å². The van der Waals surface area contributed by atoms with Crippen LogP contribution in [0.4, 0.5) is 0 Å². The van der Waals surface area contributed by atoms with Gasteiger partial charge in [-0.1, -0.05) is 27.7 Å². The van der Waals surface area contributed by atoms with Crippen LogP contribution in [-0.4, -0.2) is 20.8 Å². The lowest BCUT2D eigenvalue weighted by atomic mass is 9.89. The van der Waals surface area contributed by atoms with Crippen molar-refractivity contribution in [3.63, 3.8) is 0 Å². The zero-order valence-electron chi connectivity index (χ0n) is 10.8. The third-order valence-corrected chi connectivity index (χ3v) is 3.28. The third-order valence-electron chi connectivity index (χ3n) is 3.28. The number of hydrogen-bond donors (Lipinski definition) is 1. The van der Waals surface area contributed by atoms with Gasteiger partial charge in [0.25, 0.3) is 0 Å². The van der Waals surface area contributed by atoms with E-state index in [1.54, 1.807) is 6.33 Å². The molecule has 92 valence electrons. The van der Waals surface area contributed by atoms with E-state index < -0.39 is 0 Å². The van der Waals surface area contributed by atoms with Crippen LogP contribution in [-0.2, 0) is 13.0 Å². The summed E-state index contributed by atoms with van der Waals surface area (Å²) in [6.45, 7) is 9.69. The molecule has 1 aromatic heterocycles. The van der Waals surface area contributed by atoms with Crippen molar-refractivity contribution >= 4 is 0 Å². The molecular formula is C12H24N4. The van der Waals surface area contributed by atoms with Crippen molar-refractivity contribution in [1.82, 2.24) is 14.8 Å². The van der Waals surface area contributed by atoms with E-state index in [2.05, 4.69) is 37.8 Å². The lowest BCUT2D eigenvalue weighted by Gasteiger charge is -2.22. The molecule has 0 aliphatic carbocycles. The maximum absolute atomic E-state index is 6.19. The largest absolute Gasteiger partial charge is 0.327 e. The second-order valence-electron chi connectivity index (χ2n) is 4.87. The summed E-state index contributed by atoms with van der Waals surface area (Å²) in [4.78, 5) is 4.29. The van der Waals surface area contributed by atoms with Gasteiger partial charge in [-0.15, -0.1) is 0 Å². The van der Waals surface area contributed by atoms with Crippen molar-refractivity contribution < 1.29 is 0 Å². The average molecular weight is 224 g/mol. The Kier molecular flexibility index (Phi) is 4.93. The molecule has 0 fully saturated rings. The van der Waals surface area contributed by atoms with Crippen molar-refractivity contribution in [2.45, 2.75) is 53.1 Å². The van der Waals surface area contributed by atoms with Gasteiger partial charge in [-0.05, 0) is 18.3 Å². The Morgan fingerprint density at radius 2 is 2.06 bits per heavy atom. The molecule has 1 aromatic rings. The number of rotatable bonds is 6. The van der Waals surface area contributed by atoms with E-state index >= 15 is 0 Å². The van der Waals surface area contributed by atoms with Crippen molar-refractivity contribution in [1.29, 1.82) is 0 Å². The quantitative estimate of drug-likeness (QED) is 0.802. The van der Waals surface area contributed by atoms with E-state index in [4.69, 9.17) is 5.73 Å². The zero-order valence-corrected chi connectivity index (χ0v) is 10.8. The van der Waals surface area contributed by atoms with E-state index in [9.17, 15) is 0 Å². The van der Waals surface area contributed by atoms with Crippen molar-refractivity contribution in [2.75, 3.05) is 0 Å². The lowest BCUT2D eigenvalue weighted by Crippen LogP contribution is -2.34. The highest BCUT2D eigenvalue weighted by Crippen LogP contribution is 2.15. The summed E-state index contributed by atoms with van der Waals surface area (Å²) in [5.41, 5.74) is 6.19. The van der Waals surface area contributed by atoms with Gasteiger partial charge in [0.1, 0.15) is 12.2 Å². The van der Waals surface area contributed by atoms with Gasteiger partial charge < -0.3 is 5.73 Å². The summed E-state index contributed by atoms with van der Waals surface area (Å²) in [6.07, 6.45) is 3.52. The zero-order chi connectivity index (χ0) is 12.1. The minimum Gasteiger partial charge on any atom is -0.327 e. The molecule has 0 aliphatic heterocycles. The molecular weight excluding hydrogens is 200 g/mol. The fourth-order valence-electron chi connectivity index (χ4n) is 1.74. The predicted molar refractivity (Wildman–Crippen MR) is 66.0 cm³/mol. The van der Waals surface area contributed by atoms with Crippen LogP contribution in [0.5, 0.6) is 0 Å². The van der Waals surface area contributed by atoms with Gasteiger partial charge in [-0.2, -0.15) is 5.10 Å². The van der Waals surface area contributed by atoms with Crippen LogP contribution >= 0.6 is 0 Å². The fourth-order valence-corrected chi connectivity index (χ4v) is 1.74. The molecule has 0 radical (unpaired) electrons. The molecule has 1 heterocycles. The second kappa shape index (κ2) is 5.99. The van der Waals surface area contributed by atoms with Gasteiger partial charge in [0.2, 0.25) is 0 Å². The molecule has 2 N–H and O–H groups in total. The summed E-state index contributed by atoms with van der Waals surface area (Å²) < 4.78 is 1.97. The average Bonchev–Trinajstić information content (AvgIpc) is 2.65. The molecule has 2 atom stereocenters. The van der Waals surface area contributed by atoms with Crippen LogP contribution < -0.4 is 5.73 Å². The first-order valence-electron chi connectivity index (χ1n) is 6.18. The molecule has 16 heavy (non-hydrogen) atoms. The van der Waals surface area contributed by atoms with Gasteiger partial charge in [-0.3, -0.25) is 4.68 Å². The number of aryl methyl sites for hydroxylation is 1. The van der Waals surface area contributed by atoms with Gasteiger partial charge in [0.15, 0.2) is 0 Å². The Labute approximate surface area is 98.2 Å². The normalized spacial score (nSPS) is 15.4. The highest BCUT2D eigenvalue weighted by Gasteiger charge is 2.18. The Hall–Kier alpha value is -0.900. The molecule has 2 unspecified atom stereocenters. The summed E-state index contributed by atoms with van der Waals surface area (Å²) in [7, 11) is 0. The lowest BCUT2D eigenvalue weighted by molar-refractivity contribution is 0.337. The Morgan fingerprint density at radius 1 is 1.38 bits per heavy atom. The summed E-state index contributed by atoms with van der Waals surface area (Å²) in [5, 5.41) is 4.21. The second-order valence-corrected chi connectivity index (χ2v) is 4.87. The van der Waals surface area contributed by atoms with Gasteiger partial charge in [-0.25, -0.2) is 4.98 Å². The molecule has 4 heteroatoms. The maximum atomic E-state index is 6.19. The van der Waals surface area contributed by atoms with Crippen LogP contribution in [0.25, 0.3) is 0 Å². The van der Waals surface area contributed by atoms with E-state index in [1.165, 1.54) is 0 Å². The first-order valence-corrected chi connectivity index (χ1v) is 6.18. The molecule has 0 saturated carbocycles. The molecule has 1 rings (SSSR count). The van der Waals surface area contributed by atoms with Crippen LogP contribution in [0.15, 0.2) is 6.33 Å². The van der Waals surface area contributed by atoms with Crippen molar-refractivity contribution in [3.05, 3.63) is 12.2 Å². The van der Waals surface area contributed by atoms with E-state index in [0.29, 0.717) is 11.8 Å². The van der Waals surface area contributed by atoms with Crippen LogP contribution in [0.2, 0.25) is 0 Å². The predicted octanol–water partition coefficient (Wildman–Crippen LogP) is 1.85. The molecule has 0 aliphatic rings. The molecule has 0 aromatic carbocycles. The first kappa shape index (κ1) is 13.2. The summed E-state index contributed by atoms with van der Waals surface area (Å²) >= 11 is 0. The first-order chi connectivity index (χ1) is 7.56. The van der Waals surface area contributed by atoms with E-state index in [0.717, 1.165) is 25.2 Å². The Balaban J connectivity index is 2.61. The molecule has 4 nitrogen and oxygen atoms in total. The van der Waals surface area contributed by atoms with E-state index in [-0.39, 0.29) is 6.04 Å². The number of nitrogens with zero attached hydrogens (tertiary/aromatic N) is 3. The Bertz CT molecular complexity index is 306. The molecule has 0 spiro atoms. The van der Waals surface area contributed by atoms with Crippen molar-refractivity contribution in [2.24, 2.45) is 17.6 Å². The summed E-state index contributed by atoms with van der Waals surface area (Å²) in [5.74, 6) is 2.13. The fraction of sp³-hybridized carbons (Fsp3) is 0.833. The topological polar surface area (TPSA) is 56.7 Å². The van der Waals surface area contributed by atoms with Crippen LogP contribution in [0.3, 0.4) is 0 Å². The van der Waals surface area contributed by atoms with Gasteiger partial charge >= 0.3 is 0 Å². The third kappa shape index (κ3) is 3.30. The van der Waals surface area contributed by atoms with Gasteiger partial charge in [0, 0.05) is 19.0 Å². The SMILES string of the molecule is CCCn1ncnc1CC(N)C(C)C(C)C. The smallest absolute Gasteiger partial charge is 0.138 e. The van der Waals surface area contributed by atoms with E-state index in [1.807, 2.05) is 4.68 Å². The molecule has 0 amide bonds. The summed E-state index contributed by atoms with van der Waals surface area (Å²) in [6, 6.07) is 0.166. The van der Waals surface area contributed by atoms with Crippen LogP contribution in [0.1, 0.15) is 39.9 Å². The standard InChI is InChI=1S/C12H24N4/c1-5-6-16-12(14-8-15-16)7-11(13)10(4)9(2)3/h8-11H,5-7,13H2,1-4H3. The monoisotopic (exact) mass is 224 g/mol. The van der Waals surface area contributed by atoms with Crippen molar-refractivity contribution in [3.8, 4) is 0 Å². The van der Waals surface area contributed by atoms with Crippen LogP contribution in [0, 0.1) is 11.8 Å². The number of nitrogens with two attached hydrogens (primary N) is 1. The molecule has 0 saturated heterocycles.